The first-order valence-electron chi connectivity index (χ1n) is 11.4. The van der Waals surface area contributed by atoms with Crippen molar-refractivity contribution in [1.82, 2.24) is 9.80 Å². The van der Waals surface area contributed by atoms with Crippen molar-refractivity contribution in [1.29, 1.82) is 0 Å². The average Bonchev–Trinajstić information content (AvgIpc) is 2.78. The Balaban J connectivity index is 0.000000199. The van der Waals surface area contributed by atoms with Crippen LogP contribution in [0, 0.1) is 11.6 Å². The van der Waals surface area contributed by atoms with Crippen LogP contribution in [0.2, 0.25) is 0 Å². The molecule has 2 aromatic carbocycles. The molecule has 2 aliphatic rings. The number of benzene rings is 2. The van der Waals surface area contributed by atoms with Gasteiger partial charge in [-0.15, -0.1) is 0 Å². The molecule has 30 heavy (non-hydrogen) atoms. The van der Waals surface area contributed by atoms with Gasteiger partial charge in [0.25, 0.3) is 0 Å². The van der Waals surface area contributed by atoms with Crippen molar-refractivity contribution in [3.05, 3.63) is 71.3 Å². The van der Waals surface area contributed by atoms with Gasteiger partial charge in [0.05, 0.1) is 0 Å². The lowest BCUT2D eigenvalue weighted by Crippen LogP contribution is -2.29. The molecule has 0 radical (unpaired) electrons. The maximum absolute atomic E-state index is 13.5. The molecule has 4 rings (SSSR count). The summed E-state index contributed by atoms with van der Waals surface area (Å²) in [5.41, 5.74) is 2.19. The van der Waals surface area contributed by atoms with Gasteiger partial charge in [0.15, 0.2) is 0 Å². The number of rotatable bonds is 2. The molecule has 0 saturated carbocycles. The third kappa shape index (κ3) is 7.48. The molecule has 2 fully saturated rings. The Labute approximate surface area is 181 Å². The van der Waals surface area contributed by atoms with Crippen LogP contribution in [0.5, 0.6) is 0 Å². The quantitative estimate of drug-likeness (QED) is 0.567. The molecule has 0 aromatic heterocycles. The lowest BCUT2D eigenvalue weighted by molar-refractivity contribution is 0.253. The van der Waals surface area contributed by atoms with Gasteiger partial charge in [-0.1, -0.05) is 50.2 Å². The van der Waals surface area contributed by atoms with Crippen LogP contribution in [0.15, 0.2) is 48.5 Å². The van der Waals surface area contributed by atoms with Gasteiger partial charge in [-0.05, 0) is 95.0 Å². The van der Waals surface area contributed by atoms with Gasteiger partial charge in [0, 0.05) is 6.07 Å². The third-order valence-corrected chi connectivity index (χ3v) is 6.11. The molecular formula is C26H38F2N2. The van der Waals surface area contributed by atoms with Crippen molar-refractivity contribution in [3.63, 3.8) is 0 Å². The molecule has 0 spiro atoms. The maximum Gasteiger partial charge on any atom is 0.129 e. The van der Waals surface area contributed by atoms with E-state index in [0.29, 0.717) is 5.56 Å². The number of halogens is 2. The molecule has 2 saturated heterocycles. The third-order valence-electron chi connectivity index (χ3n) is 6.11. The second-order valence-electron chi connectivity index (χ2n) is 8.23. The fourth-order valence-corrected chi connectivity index (χ4v) is 4.22. The van der Waals surface area contributed by atoms with E-state index in [1.54, 1.807) is 6.07 Å². The summed E-state index contributed by atoms with van der Waals surface area (Å²) >= 11 is 0. The summed E-state index contributed by atoms with van der Waals surface area (Å²) < 4.78 is 26.2. The van der Waals surface area contributed by atoms with Gasteiger partial charge in [-0.2, -0.15) is 0 Å². The molecule has 2 heterocycles. The first-order valence-corrected chi connectivity index (χ1v) is 11.4. The molecule has 2 aliphatic heterocycles. The van der Waals surface area contributed by atoms with Gasteiger partial charge in [-0.25, -0.2) is 8.78 Å². The monoisotopic (exact) mass is 416 g/mol. The van der Waals surface area contributed by atoms with Gasteiger partial charge in [-0.3, -0.25) is 0 Å². The van der Waals surface area contributed by atoms with Gasteiger partial charge < -0.3 is 9.80 Å². The highest BCUT2D eigenvalue weighted by Gasteiger charge is 2.21. The van der Waals surface area contributed by atoms with Crippen LogP contribution in [-0.2, 0) is 0 Å². The van der Waals surface area contributed by atoms with Crippen LogP contribution in [0.4, 0.5) is 8.78 Å². The molecule has 2 aromatic rings. The molecule has 0 unspecified atom stereocenters. The van der Waals surface area contributed by atoms with Crippen molar-refractivity contribution in [2.75, 3.05) is 40.3 Å². The Morgan fingerprint density at radius 1 is 0.700 bits per heavy atom. The number of nitrogens with zero attached hydrogens (tertiary/aromatic N) is 2. The van der Waals surface area contributed by atoms with Gasteiger partial charge in [0.2, 0.25) is 0 Å². The summed E-state index contributed by atoms with van der Waals surface area (Å²) in [7, 11) is 4.28. The molecule has 2 nitrogen and oxygen atoms in total. The van der Waals surface area contributed by atoms with E-state index in [4.69, 9.17) is 0 Å². The predicted octanol–water partition coefficient (Wildman–Crippen LogP) is 6.30. The first-order chi connectivity index (χ1) is 14.5. The molecule has 0 aliphatic carbocycles. The molecule has 0 atom stereocenters. The zero-order valence-electron chi connectivity index (χ0n) is 19.1. The topological polar surface area (TPSA) is 6.48 Å². The molecule has 0 bridgehead atoms. The Morgan fingerprint density at radius 2 is 1.20 bits per heavy atom. The van der Waals surface area contributed by atoms with E-state index in [-0.39, 0.29) is 5.92 Å². The summed E-state index contributed by atoms with van der Waals surface area (Å²) in [6, 6.07) is 14.8. The highest BCUT2D eigenvalue weighted by Crippen LogP contribution is 2.29. The normalized spacial score (nSPS) is 18.7. The van der Waals surface area contributed by atoms with Crippen molar-refractivity contribution < 1.29 is 8.78 Å². The van der Waals surface area contributed by atoms with E-state index in [0.717, 1.165) is 37.9 Å². The Kier molecular flexibility index (Phi) is 10.5. The van der Waals surface area contributed by atoms with E-state index >= 15 is 0 Å². The lowest BCUT2D eigenvalue weighted by Gasteiger charge is -2.29. The van der Waals surface area contributed by atoms with E-state index < -0.39 is 11.6 Å². The summed E-state index contributed by atoms with van der Waals surface area (Å²) in [6.45, 7) is 8.47. The number of likely N-dealkylation sites (tertiary alicyclic amines) is 2. The maximum atomic E-state index is 13.5. The van der Waals surface area contributed by atoms with Crippen LogP contribution >= 0.6 is 0 Å². The summed E-state index contributed by atoms with van der Waals surface area (Å²) in [6.07, 6.45) is 4.55. The van der Waals surface area contributed by atoms with Crippen LogP contribution in [0.3, 0.4) is 0 Å². The van der Waals surface area contributed by atoms with Gasteiger partial charge >= 0.3 is 0 Å². The standard InChI is InChI=1S/C12H15F2N.C12H17N.C2H6/c1-15-6-4-9(5-7-15)11-3-2-10(13)8-12(11)14;1-13-9-7-12(8-10-13)11-5-3-2-4-6-11;1-2/h2-3,8-9H,4-7H2,1H3;2-6,12H,7-10H2,1H3;1-2H3. The zero-order valence-corrected chi connectivity index (χ0v) is 19.1. The molecule has 166 valence electrons. The highest BCUT2D eigenvalue weighted by molar-refractivity contribution is 5.23. The van der Waals surface area contributed by atoms with Crippen molar-refractivity contribution >= 4 is 0 Å². The van der Waals surface area contributed by atoms with E-state index in [9.17, 15) is 8.78 Å². The van der Waals surface area contributed by atoms with Crippen molar-refractivity contribution in [2.24, 2.45) is 0 Å². The molecular weight excluding hydrogens is 378 g/mol. The largest absolute Gasteiger partial charge is 0.306 e. The molecule has 4 heteroatoms. The van der Waals surface area contributed by atoms with Crippen LogP contribution in [-0.4, -0.2) is 50.1 Å². The van der Waals surface area contributed by atoms with E-state index in [2.05, 4.69) is 54.2 Å². The minimum atomic E-state index is -0.496. The highest BCUT2D eigenvalue weighted by atomic mass is 19.1. The van der Waals surface area contributed by atoms with Crippen LogP contribution in [0.25, 0.3) is 0 Å². The minimum absolute atomic E-state index is 0.252. The van der Waals surface area contributed by atoms with Crippen molar-refractivity contribution in [2.45, 2.75) is 51.4 Å². The summed E-state index contributed by atoms with van der Waals surface area (Å²) in [4.78, 5) is 4.65. The second-order valence-corrected chi connectivity index (χ2v) is 8.23. The minimum Gasteiger partial charge on any atom is -0.306 e. The zero-order chi connectivity index (χ0) is 21.9. The second kappa shape index (κ2) is 12.8. The Bertz CT molecular complexity index is 719. The fraction of sp³-hybridized carbons (Fsp3) is 0.538. The predicted molar refractivity (Wildman–Crippen MR) is 123 cm³/mol. The molecule has 0 amide bonds. The fourth-order valence-electron chi connectivity index (χ4n) is 4.22. The molecule has 0 N–H and O–H groups in total. The Morgan fingerprint density at radius 3 is 1.70 bits per heavy atom. The summed E-state index contributed by atoms with van der Waals surface area (Å²) in [5.74, 6) is 0.160. The van der Waals surface area contributed by atoms with Crippen LogP contribution < -0.4 is 0 Å². The lowest BCUT2D eigenvalue weighted by atomic mass is 9.89. The smallest absolute Gasteiger partial charge is 0.129 e. The van der Waals surface area contributed by atoms with E-state index in [1.165, 1.54) is 37.6 Å². The number of hydrogen-bond acceptors (Lipinski definition) is 2. The van der Waals surface area contributed by atoms with E-state index in [1.807, 2.05) is 13.8 Å². The first kappa shape index (κ1) is 24.5. The SMILES string of the molecule is CC.CN1CCC(c2ccc(F)cc2F)CC1.CN1CCC(c2ccccc2)CC1. The van der Waals surface area contributed by atoms with Crippen molar-refractivity contribution in [3.8, 4) is 0 Å². The Hall–Kier alpha value is -1.78. The van der Waals surface area contributed by atoms with Gasteiger partial charge in [0.1, 0.15) is 11.6 Å². The van der Waals surface area contributed by atoms with Crippen LogP contribution in [0.1, 0.15) is 62.5 Å². The number of piperidine rings is 2. The number of hydrogen-bond donors (Lipinski definition) is 0. The summed E-state index contributed by atoms with van der Waals surface area (Å²) in [5, 5.41) is 0. The average molecular weight is 417 g/mol.